The molecule has 2 N–H and O–H groups in total. The van der Waals surface area contributed by atoms with E-state index in [1.807, 2.05) is 30.3 Å². The van der Waals surface area contributed by atoms with E-state index in [1.54, 1.807) is 12.1 Å². The van der Waals surface area contributed by atoms with E-state index >= 15 is 0 Å². The van der Waals surface area contributed by atoms with E-state index in [1.165, 1.54) is 0 Å². The summed E-state index contributed by atoms with van der Waals surface area (Å²) < 4.78 is 2.90. The quantitative estimate of drug-likeness (QED) is 0.727. The average molecular weight is 383 g/mol. The summed E-state index contributed by atoms with van der Waals surface area (Å²) in [7, 11) is 0. The second-order valence-electron chi connectivity index (χ2n) is 5.98. The minimum atomic E-state index is -0.461. The summed E-state index contributed by atoms with van der Waals surface area (Å²) in [5, 5.41) is 0.989. The van der Waals surface area contributed by atoms with Gasteiger partial charge in [-0.25, -0.2) is 0 Å². The SMILES string of the molecule is NC(=O)c1ccc(-n2c3c(c4ccccc42)C(=O)CCC3)c(Br)c1. The predicted molar refractivity (Wildman–Crippen MR) is 96.8 cm³/mol. The molecule has 0 bridgehead atoms. The number of aromatic nitrogens is 1. The van der Waals surface area contributed by atoms with Crippen LogP contribution in [0.3, 0.4) is 0 Å². The zero-order valence-corrected chi connectivity index (χ0v) is 14.5. The van der Waals surface area contributed by atoms with Gasteiger partial charge in [0.05, 0.1) is 11.2 Å². The third kappa shape index (κ3) is 2.19. The van der Waals surface area contributed by atoms with E-state index < -0.39 is 5.91 Å². The number of rotatable bonds is 2. The van der Waals surface area contributed by atoms with E-state index in [4.69, 9.17) is 5.73 Å². The van der Waals surface area contributed by atoms with Crippen molar-refractivity contribution >= 4 is 38.5 Å². The molecule has 0 fully saturated rings. The maximum absolute atomic E-state index is 12.5. The van der Waals surface area contributed by atoms with Crippen molar-refractivity contribution in [1.82, 2.24) is 4.57 Å². The fraction of sp³-hybridized carbons (Fsp3) is 0.158. The van der Waals surface area contributed by atoms with Crippen LogP contribution in [0, 0.1) is 0 Å². The Labute approximate surface area is 147 Å². The monoisotopic (exact) mass is 382 g/mol. The summed E-state index contributed by atoms with van der Waals surface area (Å²) in [6.07, 6.45) is 2.32. The highest BCUT2D eigenvalue weighted by Gasteiger charge is 2.26. The largest absolute Gasteiger partial charge is 0.366 e. The molecule has 0 spiro atoms. The maximum atomic E-state index is 12.5. The van der Waals surface area contributed by atoms with Gasteiger partial charge in [0.1, 0.15) is 0 Å². The number of ketones is 1. The molecule has 3 aromatic rings. The molecule has 0 saturated carbocycles. The molecule has 1 heterocycles. The van der Waals surface area contributed by atoms with Gasteiger partial charge < -0.3 is 10.3 Å². The highest BCUT2D eigenvalue weighted by atomic mass is 79.9. The van der Waals surface area contributed by atoms with Gasteiger partial charge in [-0.3, -0.25) is 9.59 Å². The molecule has 5 heteroatoms. The first kappa shape index (κ1) is 15.1. The highest BCUT2D eigenvalue weighted by Crippen LogP contribution is 2.36. The van der Waals surface area contributed by atoms with E-state index in [-0.39, 0.29) is 5.78 Å². The average Bonchev–Trinajstić information content (AvgIpc) is 2.90. The van der Waals surface area contributed by atoms with Gasteiger partial charge in [0.2, 0.25) is 5.91 Å². The first-order valence-corrected chi connectivity index (χ1v) is 8.62. The van der Waals surface area contributed by atoms with Gasteiger partial charge in [-0.05, 0) is 53.0 Å². The van der Waals surface area contributed by atoms with Gasteiger partial charge in [0.25, 0.3) is 0 Å². The molecule has 1 amide bonds. The lowest BCUT2D eigenvalue weighted by atomic mass is 9.94. The number of carbonyl (C=O) groups is 2. The number of fused-ring (bicyclic) bond motifs is 3. The second kappa shape index (κ2) is 5.60. The van der Waals surface area contributed by atoms with Gasteiger partial charge in [-0.2, -0.15) is 0 Å². The maximum Gasteiger partial charge on any atom is 0.248 e. The van der Waals surface area contributed by atoms with Crippen molar-refractivity contribution in [3.8, 4) is 5.69 Å². The van der Waals surface area contributed by atoms with Crippen LogP contribution in [-0.4, -0.2) is 16.3 Å². The Morgan fingerprint density at radius 2 is 1.92 bits per heavy atom. The number of benzene rings is 2. The van der Waals surface area contributed by atoms with Crippen molar-refractivity contribution in [3.05, 3.63) is 63.8 Å². The van der Waals surface area contributed by atoms with Gasteiger partial charge in [-0.15, -0.1) is 0 Å². The molecule has 0 saturated heterocycles. The molecule has 1 aromatic heterocycles. The van der Waals surface area contributed by atoms with Crippen molar-refractivity contribution in [3.63, 3.8) is 0 Å². The predicted octanol–water partition coefficient (Wildman–Crippen LogP) is 4.01. The Bertz CT molecular complexity index is 1000. The molecule has 2 aromatic carbocycles. The molecule has 0 aliphatic heterocycles. The molecule has 24 heavy (non-hydrogen) atoms. The molecule has 1 aliphatic rings. The zero-order chi connectivity index (χ0) is 16.8. The van der Waals surface area contributed by atoms with Crippen LogP contribution in [0.2, 0.25) is 0 Å². The summed E-state index contributed by atoms with van der Waals surface area (Å²) in [6, 6.07) is 13.3. The van der Waals surface area contributed by atoms with Crippen molar-refractivity contribution in [1.29, 1.82) is 0 Å². The van der Waals surface area contributed by atoms with E-state index in [0.29, 0.717) is 12.0 Å². The van der Waals surface area contributed by atoms with E-state index in [2.05, 4.69) is 20.5 Å². The number of hydrogen-bond acceptors (Lipinski definition) is 2. The Kier molecular flexibility index (Phi) is 3.53. The van der Waals surface area contributed by atoms with Crippen LogP contribution < -0.4 is 5.73 Å². The van der Waals surface area contributed by atoms with Crippen molar-refractivity contribution in [2.24, 2.45) is 5.73 Å². The van der Waals surface area contributed by atoms with E-state index in [0.717, 1.165) is 45.2 Å². The van der Waals surface area contributed by atoms with Crippen molar-refractivity contribution in [2.45, 2.75) is 19.3 Å². The Morgan fingerprint density at radius 3 is 2.67 bits per heavy atom. The van der Waals surface area contributed by atoms with Crippen molar-refractivity contribution < 1.29 is 9.59 Å². The Hall–Kier alpha value is -2.40. The molecule has 1 aliphatic carbocycles. The van der Waals surface area contributed by atoms with Gasteiger partial charge >= 0.3 is 0 Å². The van der Waals surface area contributed by atoms with Crippen LogP contribution in [-0.2, 0) is 6.42 Å². The zero-order valence-electron chi connectivity index (χ0n) is 12.9. The summed E-state index contributed by atoms with van der Waals surface area (Å²) in [6.45, 7) is 0. The third-order valence-corrected chi connectivity index (χ3v) is 5.18. The normalized spacial score (nSPS) is 14.0. The summed E-state index contributed by atoms with van der Waals surface area (Å²) >= 11 is 3.55. The van der Waals surface area contributed by atoms with Crippen LogP contribution in [0.5, 0.6) is 0 Å². The molecule has 0 radical (unpaired) electrons. The van der Waals surface area contributed by atoms with Crippen molar-refractivity contribution in [2.75, 3.05) is 0 Å². The fourth-order valence-corrected chi connectivity index (χ4v) is 4.05. The van der Waals surface area contributed by atoms with E-state index in [9.17, 15) is 9.59 Å². The molecule has 0 atom stereocenters. The molecule has 120 valence electrons. The number of halogens is 1. The lowest BCUT2D eigenvalue weighted by Gasteiger charge is -2.17. The number of para-hydroxylation sites is 1. The molecule has 0 unspecified atom stereocenters. The minimum Gasteiger partial charge on any atom is -0.366 e. The van der Waals surface area contributed by atoms with Crippen LogP contribution in [0.4, 0.5) is 0 Å². The lowest BCUT2D eigenvalue weighted by molar-refractivity contribution is 0.0971. The Balaban J connectivity index is 2.04. The highest BCUT2D eigenvalue weighted by molar-refractivity contribution is 9.10. The number of hydrogen-bond donors (Lipinski definition) is 1. The van der Waals surface area contributed by atoms with Crippen LogP contribution in [0.15, 0.2) is 46.9 Å². The summed E-state index contributed by atoms with van der Waals surface area (Å²) in [5.41, 5.74) is 9.60. The van der Waals surface area contributed by atoms with Crippen LogP contribution in [0.25, 0.3) is 16.6 Å². The number of amides is 1. The number of primary amides is 1. The number of nitrogens with zero attached hydrogens (tertiary/aromatic N) is 1. The lowest BCUT2D eigenvalue weighted by Crippen LogP contribution is -2.14. The summed E-state index contributed by atoms with van der Waals surface area (Å²) in [4.78, 5) is 23.9. The fourth-order valence-electron chi connectivity index (χ4n) is 3.50. The molecule has 4 rings (SSSR count). The van der Waals surface area contributed by atoms with Gasteiger partial charge in [0.15, 0.2) is 5.78 Å². The molecule has 4 nitrogen and oxygen atoms in total. The first-order chi connectivity index (χ1) is 11.6. The molecular formula is C19H15BrN2O2. The minimum absolute atomic E-state index is 0.205. The smallest absolute Gasteiger partial charge is 0.248 e. The summed E-state index contributed by atoms with van der Waals surface area (Å²) in [5.74, 6) is -0.257. The van der Waals surface area contributed by atoms with Crippen LogP contribution >= 0.6 is 15.9 Å². The Morgan fingerprint density at radius 1 is 1.12 bits per heavy atom. The van der Waals surface area contributed by atoms with Gasteiger partial charge in [0, 0.05) is 33.1 Å². The number of nitrogens with two attached hydrogens (primary N) is 1. The van der Waals surface area contributed by atoms with Crippen LogP contribution in [0.1, 0.15) is 39.3 Å². The molecular weight excluding hydrogens is 368 g/mol. The standard InChI is InChI=1S/C19H15BrN2O2/c20-13-10-11(19(21)24)8-9-15(13)22-14-5-2-1-4-12(14)18-16(22)6-3-7-17(18)23/h1-2,4-5,8-10H,3,6-7H2,(H2,21,24). The first-order valence-electron chi connectivity index (χ1n) is 7.83. The number of carbonyl (C=O) groups excluding carboxylic acids is 2. The second-order valence-corrected chi connectivity index (χ2v) is 6.84. The topological polar surface area (TPSA) is 65.1 Å². The third-order valence-electron chi connectivity index (χ3n) is 4.54. The number of Topliss-reactive ketones (excluding diaryl/α,β-unsaturated/α-hetero) is 1. The van der Waals surface area contributed by atoms with Gasteiger partial charge in [-0.1, -0.05) is 18.2 Å².